The van der Waals surface area contributed by atoms with Crippen LogP contribution in [0.2, 0.25) is 0 Å². The molecule has 142 valence electrons. The zero-order chi connectivity index (χ0) is 19.4. The summed E-state index contributed by atoms with van der Waals surface area (Å²) in [6.45, 7) is 1.07. The second-order valence-electron chi connectivity index (χ2n) is 6.86. The molecule has 1 aliphatic rings. The summed E-state index contributed by atoms with van der Waals surface area (Å²) in [7, 11) is -1.88. The average molecular weight is 385 g/mol. The second-order valence-corrected chi connectivity index (χ2v) is 8.79. The van der Waals surface area contributed by atoms with Crippen LogP contribution in [0.25, 0.3) is 10.8 Å². The highest BCUT2D eigenvalue weighted by atomic mass is 32.2. The summed E-state index contributed by atoms with van der Waals surface area (Å²) in [6.07, 6.45) is 1.31. The Hall–Kier alpha value is -2.43. The molecule has 0 unspecified atom stereocenters. The summed E-state index contributed by atoms with van der Waals surface area (Å²) in [5, 5.41) is 10.5. The first-order valence-electron chi connectivity index (χ1n) is 9.04. The minimum atomic E-state index is -3.57. The smallest absolute Gasteiger partial charge is 0.243 e. The molecular formula is C20H23N3O3S. The summed E-state index contributed by atoms with van der Waals surface area (Å²) in [5.74, 6) is -0.190. The number of amides is 1. The van der Waals surface area contributed by atoms with Gasteiger partial charge in [-0.3, -0.25) is 4.79 Å². The van der Waals surface area contributed by atoms with Gasteiger partial charge in [-0.25, -0.2) is 8.42 Å². The highest BCUT2D eigenvalue weighted by molar-refractivity contribution is 7.89. The van der Waals surface area contributed by atoms with Gasteiger partial charge < -0.3 is 4.90 Å². The van der Waals surface area contributed by atoms with Gasteiger partial charge in [0.05, 0.1) is 17.4 Å². The Labute approximate surface area is 160 Å². The maximum atomic E-state index is 13.0. The number of rotatable bonds is 5. The molecule has 0 spiro atoms. The third kappa shape index (κ3) is 4.12. The molecule has 6 nitrogen and oxygen atoms in total. The molecule has 1 amide bonds. The molecule has 0 bridgehead atoms. The Morgan fingerprint density at radius 1 is 1.19 bits per heavy atom. The fourth-order valence-corrected chi connectivity index (χ4v) is 4.97. The number of piperidine rings is 1. The van der Waals surface area contributed by atoms with Crippen molar-refractivity contribution in [2.45, 2.75) is 24.2 Å². The van der Waals surface area contributed by atoms with E-state index in [-0.39, 0.29) is 16.7 Å². The molecule has 2 aromatic rings. The van der Waals surface area contributed by atoms with Crippen molar-refractivity contribution in [1.82, 2.24) is 9.21 Å². The number of sulfonamides is 1. The van der Waals surface area contributed by atoms with E-state index in [1.165, 1.54) is 4.31 Å². The number of nitrogens with zero attached hydrogens (tertiary/aromatic N) is 3. The Morgan fingerprint density at radius 3 is 2.52 bits per heavy atom. The molecule has 0 aromatic heterocycles. The predicted octanol–water partition coefficient (Wildman–Crippen LogP) is 2.61. The highest BCUT2D eigenvalue weighted by Crippen LogP contribution is 2.27. The molecule has 1 heterocycles. The number of hydrogen-bond acceptors (Lipinski definition) is 4. The van der Waals surface area contributed by atoms with Crippen molar-refractivity contribution < 1.29 is 13.2 Å². The minimum absolute atomic E-state index is 0.00648. The minimum Gasteiger partial charge on any atom is -0.344 e. The van der Waals surface area contributed by atoms with Crippen molar-refractivity contribution in [3.63, 3.8) is 0 Å². The van der Waals surface area contributed by atoms with Gasteiger partial charge in [-0.05, 0) is 35.7 Å². The van der Waals surface area contributed by atoms with Gasteiger partial charge in [-0.15, -0.1) is 0 Å². The van der Waals surface area contributed by atoms with E-state index in [9.17, 15) is 13.2 Å². The van der Waals surface area contributed by atoms with Gasteiger partial charge in [-0.1, -0.05) is 30.3 Å². The average Bonchev–Trinajstić information content (AvgIpc) is 2.71. The topological polar surface area (TPSA) is 81.5 Å². The first kappa shape index (κ1) is 19.3. The summed E-state index contributed by atoms with van der Waals surface area (Å²) >= 11 is 0. The van der Waals surface area contributed by atoms with Crippen LogP contribution in [0.1, 0.15) is 19.3 Å². The largest absolute Gasteiger partial charge is 0.344 e. The van der Waals surface area contributed by atoms with Crippen LogP contribution in [0.4, 0.5) is 0 Å². The Bertz CT molecular complexity index is 973. The fraction of sp³-hybridized carbons (Fsp3) is 0.400. The number of carbonyl (C=O) groups excluding carboxylic acids is 1. The Morgan fingerprint density at radius 2 is 1.85 bits per heavy atom. The fourth-order valence-electron chi connectivity index (χ4n) is 3.46. The lowest BCUT2D eigenvalue weighted by Crippen LogP contribution is -2.43. The van der Waals surface area contributed by atoms with Crippen molar-refractivity contribution in [1.29, 1.82) is 5.26 Å². The van der Waals surface area contributed by atoms with E-state index >= 15 is 0 Å². The van der Waals surface area contributed by atoms with E-state index in [1.54, 1.807) is 24.1 Å². The van der Waals surface area contributed by atoms with Crippen LogP contribution in [0, 0.1) is 17.2 Å². The molecule has 2 aromatic carbocycles. The number of carbonyl (C=O) groups is 1. The lowest BCUT2D eigenvalue weighted by atomic mass is 9.96. The van der Waals surface area contributed by atoms with Crippen LogP contribution in [-0.2, 0) is 14.8 Å². The van der Waals surface area contributed by atoms with Crippen molar-refractivity contribution >= 4 is 26.7 Å². The zero-order valence-electron chi connectivity index (χ0n) is 15.3. The van der Waals surface area contributed by atoms with Crippen LogP contribution in [0.3, 0.4) is 0 Å². The molecule has 1 saturated heterocycles. The maximum Gasteiger partial charge on any atom is 0.243 e. The van der Waals surface area contributed by atoms with Crippen molar-refractivity contribution in [3.05, 3.63) is 42.5 Å². The number of fused-ring (bicyclic) bond motifs is 1. The predicted molar refractivity (Wildman–Crippen MR) is 103 cm³/mol. The first-order chi connectivity index (χ1) is 12.9. The zero-order valence-corrected chi connectivity index (χ0v) is 16.2. The van der Waals surface area contributed by atoms with E-state index in [0.717, 1.165) is 10.8 Å². The molecule has 1 aliphatic heterocycles. The van der Waals surface area contributed by atoms with E-state index in [0.29, 0.717) is 38.9 Å². The van der Waals surface area contributed by atoms with Crippen LogP contribution in [0.5, 0.6) is 0 Å². The van der Waals surface area contributed by atoms with E-state index < -0.39 is 10.0 Å². The summed E-state index contributed by atoms with van der Waals surface area (Å²) in [4.78, 5) is 14.3. The van der Waals surface area contributed by atoms with Gasteiger partial charge >= 0.3 is 0 Å². The lowest BCUT2D eigenvalue weighted by Gasteiger charge is -2.32. The summed E-state index contributed by atoms with van der Waals surface area (Å²) in [5.41, 5.74) is 0. The lowest BCUT2D eigenvalue weighted by molar-refractivity contribution is -0.135. The normalized spacial score (nSPS) is 16.1. The molecule has 0 aliphatic carbocycles. The van der Waals surface area contributed by atoms with Gasteiger partial charge in [0, 0.05) is 32.6 Å². The highest BCUT2D eigenvalue weighted by Gasteiger charge is 2.33. The molecule has 27 heavy (non-hydrogen) atoms. The summed E-state index contributed by atoms with van der Waals surface area (Å²) < 4.78 is 27.4. The van der Waals surface area contributed by atoms with Gasteiger partial charge in [0.25, 0.3) is 0 Å². The van der Waals surface area contributed by atoms with Crippen molar-refractivity contribution in [2.75, 3.05) is 26.7 Å². The van der Waals surface area contributed by atoms with Crippen molar-refractivity contribution in [2.24, 2.45) is 5.92 Å². The van der Waals surface area contributed by atoms with E-state index in [2.05, 4.69) is 0 Å². The van der Waals surface area contributed by atoms with Gasteiger partial charge in [0.1, 0.15) is 0 Å². The molecule has 1 fully saturated rings. The first-order valence-corrected chi connectivity index (χ1v) is 10.5. The van der Waals surface area contributed by atoms with Gasteiger partial charge in [0.2, 0.25) is 15.9 Å². The molecule has 3 rings (SSSR count). The third-order valence-electron chi connectivity index (χ3n) is 5.10. The monoisotopic (exact) mass is 385 g/mol. The summed E-state index contributed by atoms with van der Waals surface area (Å²) in [6, 6.07) is 14.9. The third-order valence-corrected chi connectivity index (χ3v) is 6.99. The standard InChI is InChI=1S/C20H23N3O3S/c1-22(12-4-11-21)20(24)17-9-13-23(14-10-17)27(25,26)19-8-7-16-5-2-3-6-18(16)15-19/h2-3,5-8,15,17H,4,9-10,12-14H2,1H3. The van der Waals surface area contributed by atoms with E-state index in [1.807, 2.05) is 36.4 Å². The van der Waals surface area contributed by atoms with Crippen LogP contribution in [0.15, 0.2) is 47.4 Å². The number of benzene rings is 2. The molecule has 0 N–H and O–H groups in total. The molecule has 7 heteroatoms. The maximum absolute atomic E-state index is 13.0. The van der Waals surface area contributed by atoms with Crippen LogP contribution < -0.4 is 0 Å². The van der Waals surface area contributed by atoms with Crippen molar-refractivity contribution in [3.8, 4) is 6.07 Å². The van der Waals surface area contributed by atoms with Crippen LogP contribution >= 0.6 is 0 Å². The van der Waals surface area contributed by atoms with E-state index in [4.69, 9.17) is 5.26 Å². The molecular weight excluding hydrogens is 362 g/mol. The quantitative estimate of drug-likeness (QED) is 0.792. The second kappa shape index (κ2) is 8.07. The SMILES string of the molecule is CN(CCC#N)C(=O)C1CCN(S(=O)(=O)c2ccc3ccccc3c2)CC1. The Kier molecular flexibility index (Phi) is 5.78. The number of nitriles is 1. The number of hydrogen-bond donors (Lipinski definition) is 0. The van der Waals surface area contributed by atoms with Gasteiger partial charge in [0.15, 0.2) is 0 Å². The Balaban J connectivity index is 1.69. The molecule has 0 saturated carbocycles. The molecule has 0 atom stereocenters. The van der Waals surface area contributed by atoms with Crippen LogP contribution in [-0.4, -0.2) is 50.2 Å². The van der Waals surface area contributed by atoms with Gasteiger partial charge in [-0.2, -0.15) is 9.57 Å². The molecule has 0 radical (unpaired) electrons.